The highest BCUT2D eigenvalue weighted by atomic mass is 19.1. The first-order valence-electron chi connectivity index (χ1n) is 8.44. The van der Waals surface area contributed by atoms with E-state index in [4.69, 9.17) is 0 Å². The zero-order chi connectivity index (χ0) is 15.8. The lowest BCUT2D eigenvalue weighted by atomic mass is 10.1. The van der Waals surface area contributed by atoms with Gasteiger partial charge in [0.05, 0.1) is 0 Å². The summed E-state index contributed by atoms with van der Waals surface area (Å²) in [5.41, 5.74) is 0.802. The van der Waals surface area contributed by atoms with E-state index in [9.17, 15) is 9.18 Å². The van der Waals surface area contributed by atoms with Crippen LogP contribution < -0.4 is 0 Å². The summed E-state index contributed by atoms with van der Waals surface area (Å²) in [6.07, 6.45) is 4.49. The van der Waals surface area contributed by atoms with Crippen LogP contribution >= 0.6 is 0 Å². The van der Waals surface area contributed by atoms with Crippen LogP contribution in [-0.2, 0) is 11.2 Å². The highest BCUT2D eigenvalue weighted by Crippen LogP contribution is 2.11. The number of unbranched alkanes of at least 4 members (excludes halogenated alkanes) is 1. The van der Waals surface area contributed by atoms with E-state index in [-0.39, 0.29) is 5.82 Å². The Morgan fingerprint density at radius 3 is 2.55 bits per heavy atom. The topological polar surface area (TPSA) is 23.6 Å². The van der Waals surface area contributed by atoms with Gasteiger partial charge in [-0.15, -0.1) is 0 Å². The van der Waals surface area contributed by atoms with Crippen molar-refractivity contribution >= 4 is 5.91 Å². The smallest absolute Gasteiger partial charge is 0.222 e. The van der Waals surface area contributed by atoms with Crippen molar-refractivity contribution in [2.24, 2.45) is 0 Å². The number of rotatable bonds is 7. The van der Waals surface area contributed by atoms with Crippen LogP contribution in [0, 0.1) is 5.82 Å². The van der Waals surface area contributed by atoms with E-state index in [1.807, 2.05) is 17.0 Å². The zero-order valence-electron chi connectivity index (χ0n) is 13.6. The Labute approximate surface area is 133 Å². The molecule has 1 aliphatic rings. The summed E-state index contributed by atoms with van der Waals surface area (Å²) in [4.78, 5) is 16.3. The molecule has 1 aliphatic heterocycles. The fourth-order valence-corrected chi connectivity index (χ4v) is 2.90. The summed E-state index contributed by atoms with van der Waals surface area (Å²) in [5, 5.41) is 0. The lowest BCUT2D eigenvalue weighted by Crippen LogP contribution is -2.48. The van der Waals surface area contributed by atoms with Crippen molar-refractivity contribution in [1.29, 1.82) is 0 Å². The molecule has 0 aromatic heterocycles. The van der Waals surface area contributed by atoms with Crippen LogP contribution in [-0.4, -0.2) is 48.4 Å². The molecule has 1 fully saturated rings. The second kappa shape index (κ2) is 8.89. The predicted octanol–water partition coefficient (Wildman–Crippen LogP) is 3.09. The van der Waals surface area contributed by atoms with Crippen LogP contribution in [0.1, 0.15) is 38.2 Å². The first-order chi connectivity index (χ1) is 10.7. The maximum atomic E-state index is 13.5. The van der Waals surface area contributed by atoms with E-state index < -0.39 is 0 Å². The molecule has 0 bridgehead atoms. The van der Waals surface area contributed by atoms with Crippen LogP contribution in [0.5, 0.6) is 0 Å². The molecule has 3 nitrogen and oxygen atoms in total. The Bertz CT molecular complexity index is 470. The van der Waals surface area contributed by atoms with Gasteiger partial charge in [0, 0.05) is 32.6 Å². The van der Waals surface area contributed by atoms with E-state index in [0.717, 1.165) is 64.0 Å². The molecule has 0 aliphatic carbocycles. The minimum atomic E-state index is -0.103. The van der Waals surface area contributed by atoms with Gasteiger partial charge in [-0.2, -0.15) is 0 Å². The summed E-state index contributed by atoms with van der Waals surface area (Å²) in [6.45, 7) is 6.64. The van der Waals surface area contributed by atoms with Crippen molar-refractivity contribution in [2.75, 3.05) is 32.7 Å². The van der Waals surface area contributed by atoms with Crippen LogP contribution in [0.4, 0.5) is 4.39 Å². The Balaban J connectivity index is 1.65. The van der Waals surface area contributed by atoms with Gasteiger partial charge in [0.15, 0.2) is 0 Å². The first-order valence-corrected chi connectivity index (χ1v) is 8.44. The summed E-state index contributed by atoms with van der Waals surface area (Å²) in [5.74, 6) is 0.196. The van der Waals surface area contributed by atoms with Crippen LogP contribution in [0.2, 0.25) is 0 Å². The van der Waals surface area contributed by atoms with Crippen LogP contribution in [0.3, 0.4) is 0 Å². The van der Waals surface area contributed by atoms with Gasteiger partial charge in [0.25, 0.3) is 0 Å². The van der Waals surface area contributed by atoms with Crippen molar-refractivity contribution in [3.05, 3.63) is 35.6 Å². The van der Waals surface area contributed by atoms with E-state index in [1.165, 1.54) is 6.07 Å². The molecule has 0 spiro atoms. The lowest BCUT2D eigenvalue weighted by Gasteiger charge is -2.34. The number of carbonyl (C=O) groups is 1. The molecule has 0 saturated carbocycles. The molecule has 0 atom stereocenters. The number of halogens is 1. The molecule has 1 amide bonds. The van der Waals surface area contributed by atoms with Crippen molar-refractivity contribution in [1.82, 2.24) is 9.80 Å². The van der Waals surface area contributed by atoms with Gasteiger partial charge in [0.1, 0.15) is 5.82 Å². The van der Waals surface area contributed by atoms with Gasteiger partial charge < -0.3 is 4.90 Å². The Kier molecular flexibility index (Phi) is 6.84. The first kappa shape index (κ1) is 16.9. The van der Waals surface area contributed by atoms with E-state index in [2.05, 4.69) is 11.8 Å². The van der Waals surface area contributed by atoms with Crippen molar-refractivity contribution in [3.8, 4) is 0 Å². The third-order valence-electron chi connectivity index (χ3n) is 4.35. The second-order valence-electron chi connectivity index (χ2n) is 6.02. The molecule has 1 heterocycles. The van der Waals surface area contributed by atoms with Crippen molar-refractivity contribution < 1.29 is 9.18 Å². The van der Waals surface area contributed by atoms with Gasteiger partial charge in [-0.1, -0.05) is 31.5 Å². The SMILES string of the molecule is CCCCC(=O)N1CCN(CCCc2ccccc2F)CC1. The molecular formula is C18H27FN2O. The van der Waals surface area contributed by atoms with E-state index >= 15 is 0 Å². The van der Waals surface area contributed by atoms with E-state index in [1.54, 1.807) is 6.07 Å². The summed E-state index contributed by atoms with van der Waals surface area (Å²) >= 11 is 0. The minimum Gasteiger partial charge on any atom is -0.340 e. The van der Waals surface area contributed by atoms with Crippen LogP contribution in [0.15, 0.2) is 24.3 Å². The average molecular weight is 306 g/mol. The number of piperazine rings is 1. The normalized spacial score (nSPS) is 16.0. The molecule has 0 unspecified atom stereocenters. The van der Waals surface area contributed by atoms with Gasteiger partial charge in [-0.25, -0.2) is 4.39 Å². The van der Waals surface area contributed by atoms with Crippen molar-refractivity contribution in [3.63, 3.8) is 0 Å². The lowest BCUT2D eigenvalue weighted by molar-refractivity contribution is -0.133. The summed E-state index contributed by atoms with van der Waals surface area (Å²) < 4.78 is 13.5. The van der Waals surface area contributed by atoms with Gasteiger partial charge in [-0.05, 0) is 37.4 Å². The largest absolute Gasteiger partial charge is 0.340 e. The van der Waals surface area contributed by atoms with Gasteiger partial charge in [0.2, 0.25) is 5.91 Å². The van der Waals surface area contributed by atoms with Gasteiger partial charge in [-0.3, -0.25) is 9.69 Å². The number of hydrogen-bond acceptors (Lipinski definition) is 2. The molecular weight excluding hydrogens is 279 g/mol. The molecule has 1 aromatic rings. The molecule has 1 saturated heterocycles. The molecule has 122 valence electrons. The number of nitrogens with zero attached hydrogens (tertiary/aromatic N) is 2. The Hall–Kier alpha value is -1.42. The molecule has 4 heteroatoms. The number of benzene rings is 1. The molecule has 0 radical (unpaired) electrons. The van der Waals surface area contributed by atoms with Crippen molar-refractivity contribution in [2.45, 2.75) is 39.0 Å². The number of carbonyl (C=O) groups excluding carboxylic acids is 1. The van der Waals surface area contributed by atoms with Gasteiger partial charge >= 0.3 is 0 Å². The summed E-state index contributed by atoms with van der Waals surface area (Å²) in [6, 6.07) is 7.00. The monoisotopic (exact) mass is 306 g/mol. The fraction of sp³-hybridized carbons (Fsp3) is 0.611. The quantitative estimate of drug-likeness (QED) is 0.773. The van der Waals surface area contributed by atoms with E-state index in [0.29, 0.717) is 12.3 Å². The molecule has 1 aromatic carbocycles. The Morgan fingerprint density at radius 2 is 1.86 bits per heavy atom. The predicted molar refractivity (Wildman–Crippen MR) is 87.3 cm³/mol. The summed E-state index contributed by atoms with van der Waals surface area (Å²) in [7, 11) is 0. The number of amides is 1. The van der Waals surface area contributed by atoms with Crippen LogP contribution in [0.25, 0.3) is 0 Å². The molecule has 22 heavy (non-hydrogen) atoms. The maximum Gasteiger partial charge on any atom is 0.222 e. The average Bonchev–Trinajstić information content (AvgIpc) is 2.55. The number of hydrogen-bond donors (Lipinski definition) is 0. The highest BCUT2D eigenvalue weighted by molar-refractivity contribution is 5.76. The standard InChI is InChI=1S/C18H27FN2O/c1-2-3-10-18(22)21-14-12-20(13-15-21)11-6-8-16-7-4-5-9-17(16)19/h4-5,7,9H,2-3,6,8,10-15H2,1H3. The number of aryl methyl sites for hydroxylation is 1. The Morgan fingerprint density at radius 1 is 1.14 bits per heavy atom. The maximum absolute atomic E-state index is 13.5. The second-order valence-corrected chi connectivity index (χ2v) is 6.02. The molecule has 2 rings (SSSR count). The third kappa shape index (κ3) is 5.09. The highest BCUT2D eigenvalue weighted by Gasteiger charge is 2.20. The zero-order valence-corrected chi connectivity index (χ0v) is 13.6. The fourth-order valence-electron chi connectivity index (χ4n) is 2.90. The minimum absolute atomic E-state index is 0.103. The molecule has 0 N–H and O–H groups in total. The third-order valence-corrected chi connectivity index (χ3v) is 4.35.